The van der Waals surface area contributed by atoms with Gasteiger partial charge in [-0.05, 0) is 26.2 Å². The van der Waals surface area contributed by atoms with Crippen LogP contribution in [-0.4, -0.2) is 40.0 Å². The summed E-state index contributed by atoms with van der Waals surface area (Å²) < 4.78 is 0. The van der Waals surface area contributed by atoms with Crippen LogP contribution in [0.1, 0.15) is 47.6 Å². The largest absolute Gasteiger partial charge is 0.481 e. The highest BCUT2D eigenvalue weighted by atomic mass is 32.1. The van der Waals surface area contributed by atoms with Crippen LogP contribution >= 0.6 is 11.3 Å². The third-order valence-corrected chi connectivity index (χ3v) is 4.95. The first-order valence-electron chi connectivity index (χ1n) is 6.48. The van der Waals surface area contributed by atoms with E-state index in [2.05, 4.69) is 4.98 Å². The number of aromatic nitrogens is 1. The number of aliphatic carboxylic acids is 1. The molecule has 19 heavy (non-hydrogen) atoms. The summed E-state index contributed by atoms with van der Waals surface area (Å²) in [6, 6.07) is 0. The number of thiazole rings is 1. The average Bonchev–Trinajstić information content (AvgIpc) is 2.97. The minimum absolute atomic E-state index is 0.131. The molecule has 1 aromatic rings. The standard InChI is InChI=1S/C13H16N2O3S/c1-13(12(17)18)4-5-15(7-13)11(16)9-6-19-10(14-9)8-2-3-8/h6,8H,2-5,7H2,1H3,(H,17,18)/t13-/m1/s1. The fraction of sp³-hybridized carbons (Fsp3) is 0.615. The van der Waals surface area contributed by atoms with Crippen LogP contribution in [0.2, 0.25) is 0 Å². The van der Waals surface area contributed by atoms with Gasteiger partial charge in [0.15, 0.2) is 0 Å². The molecule has 1 N–H and O–H groups in total. The molecule has 2 aliphatic rings. The van der Waals surface area contributed by atoms with Gasteiger partial charge in [-0.15, -0.1) is 11.3 Å². The minimum Gasteiger partial charge on any atom is -0.481 e. The van der Waals surface area contributed by atoms with E-state index in [9.17, 15) is 14.7 Å². The zero-order valence-electron chi connectivity index (χ0n) is 10.8. The molecular weight excluding hydrogens is 264 g/mol. The molecule has 6 heteroatoms. The summed E-state index contributed by atoms with van der Waals surface area (Å²) in [6.45, 7) is 2.47. The van der Waals surface area contributed by atoms with Gasteiger partial charge in [0.1, 0.15) is 5.69 Å². The summed E-state index contributed by atoms with van der Waals surface area (Å²) in [5.74, 6) is -0.415. The predicted octanol–water partition coefficient (Wildman–Crippen LogP) is 1.96. The molecule has 2 heterocycles. The van der Waals surface area contributed by atoms with Crippen molar-refractivity contribution in [2.75, 3.05) is 13.1 Å². The number of nitrogens with zero attached hydrogens (tertiary/aromatic N) is 2. The van der Waals surface area contributed by atoms with Crippen LogP contribution in [0.4, 0.5) is 0 Å². The molecule has 0 spiro atoms. The van der Waals surface area contributed by atoms with Crippen LogP contribution in [0.25, 0.3) is 0 Å². The topological polar surface area (TPSA) is 70.5 Å². The molecule has 2 fully saturated rings. The van der Waals surface area contributed by atoms with Gasteiger partial charge in [-0.3, -0.25) is 9.59 Å². The molecule has 1 saturated carbocycles. The van der Waals surface area contributed by atoms with E-state index < -0.39 is 11.4 Å². The highest BCUT2D eigenvalue weighted by Crippen LogP contribution is 2.41. The molecule has 1 aliphatic heterocycles. The van der Waals surface area contributed by atoms with Gasteiger partial charge in [0.2, 0.25) is 0 Å². The SMILES string of the molecule is C[C@@]1(C(=O)O)CCN(C(=O)c2csc(C3CC3)n2)C1. The Bertz CT molecular complexity index is 538. The summed E-state index contributed by atoms with van der Waals surface area (Å²) in [4.78, 5) is 29.5. The lowest BCUT2D eigenvalue weighted by molar-refractivity contribution is -0.147. The maximum absolute atomic E-state index is 12.3. The zero-order chi connectivity index (χ0) is 13.6. The molecule has 0 bridgehead atoms. The van der Waals surface area contributed by atoms with Gasteiger partial charge in [-0.2, -0.15) is 0 Å². The Balaban J connectivity index is 1.72. The Morgan fingerprint density at radius 3 is 2.84 bits per heavy atom. The molecule has 5 nitrogen and oxygen atoms in total. The van der Waals surface area contributed by atoms with Gasteiger partial charge in [-0.25, -0.2) is 4.98 Å². The van der Waals surface area contributed by atoms with E-state index in [1.165, 1.54) is 24.2 Å². The van der Waals surface area contributed by atoms with Crippen molar-refractivity contribution < 1.29 is 14.7 Å². The van der Waals surface area contributed by atoms with Crippen molar-refractivity contribution in [1.29, 1.82) is 0 Å². The lowest BCUT2D eigenvalue weighted by Gasteiger charge is -2.19. The van der Waals surface area contributed by atoms with Gasteiger partial charge >= 0.3 is 5.97 Å². The number of hydrogen-bond acceptors (Lipinski definition) is 4. The van der Waals surface area contributed by atoms with Gasteiger partial charge in [0.05, 0.1) is 10.4 Å². The van der Waals surface area contributed by atoms with Crippen molar-refractivity contribution in [3.63, 3.8) is 0 Å². The number of carboxylic acids is 1. The highest BCUT2D eigenvalue weighted by Gasteiger charge is 2.42. The summed E-state index contributed by atoms with van der Waals surface area (Å²) in [7, 11) is 0. The van der Waals surface area contributed by atoms with Crippen molar-refractivity contribution in [2.24, 2.45) is 5.41 Å². The molecule has 0 radical (unpaired) electrons. The Labute approximate surface area is 115 Å². The smallest absolute Gasteiger partial charge is 0.311 e. The second-order valence-electron chi connectivity index (χ2n) is 5.69. The Hall–Kier alpha value is -1.43. The van der Waals surface area contributed by atoms with Crippen LogP contribution < -0.4 is 0 Å². The minimum atomic E-state index is -0.834. The zero-order valence-corrected chi connectivity index (χ0v) is 11.6. The van der Waals surface area contributed by atoms with E-state index in [1.54, 1.807) is 17.2 Å². The molecule has 0 unspecified atom stereocenters. The van der Waals surface area contributed by atoms with Gasteiger partial charge < -0.3 is 10.0 Å². The Kier molecular flexibility index (Phi) is 2.85. The van der Waals surface area contributed by atoms with E-state index in [-0.39, 0.29) is 12.5 Å². The highest BCUT2D eigenvalue weighted by molar-refractivity contribution is 7.10. The number of hydrogen-bond donors (Lipinski definition) is 1. The molecule has 1 atom stereocenters. The first-order valence-corrected chi connectivity index (χ1v) is 7.36. The predicted molar refractivity (Wildman–Crippen MR) is 70.4 cm³/mol. The van der Waals surface area contributed by atoms with Crippen LogP contribution in [0, 0.1) is 5.41 Å². The first kappa shape index (κ1) is 12.6. The van der Waals surface area contributed by atoms with E-state index in [4.69, 9.17) is 0 Å². The van der Waals surface area contributed by atoms with Crippen molar-refractivity contribution in [3.05, 3.63) is 16.1 Å². The van der Waals surface area contributed by atoms with Crippen molar-refractivity contribution in [2.45, 2.75) is 32.1 Å². The van der Waals surface area contributed by atoms with E-state index >= 15 is 0 Å². The number of likely N-dealkylation sites (tertiary alicyclic amines) is 1. The summed E-state index contributed by atoms with van der Waals surface area (Å²) >= 11 is 1.54. The van der Waals surface area contributed by atoms with Gasteiger partial charge in [0, 0.05) is 24.4 Å². The van der Waals surface area contributed by atoms with Crippen molar-refractivity contribution >= 4 is 23.2 Å². The van der Waals surface area contributed by atoms with Gasteiger partial charge in [-0.1, -0.05) is 0 Å². The summed E-state index contributed by atoms with van der Waals surface area (Å²) in [6.07, 6.45) is 2.84. The Morgan fingerprint density at radius 1 is 1.53 bits per heavy atom. The third-order valence-electron chi connectivity index (χ3n) is 3.94. The number of carbonyl (C=O) groups excluding carboxylic acids is 1. The van der Waals surface area contributed by atoms with Crippen molar-refractivity contribution in [1.82, 2.24) is 9.88 Å². The maximum atomic E-state index is 12.3. The maximum Gasteiger partial charge on any atom is 0.311 e. The van der Waals surface area contributed by atoms with Gasteiger partial charge in [0.25, 0.3) is 5.91 Å². The normalized spacial score (nSPS) is 26.7. The van der Waals surface area contributed by atoms with Crippen LogP contribution in [0.5, 0.6) is 0 Å². The second kappa shape index (κ2) is 4.30. The lowest BCUT2D eigenvalue weighted by Crippen LogP contribution is -2.35. The fourth-order valence-corrected chi connectivity index (χ4v) is 3.34. The quantitative estimate of drug-likeness (QED) is 0.918. The lowest BCUT2D eigenvalue weighted by atomic mass is 9.90. The van der Waals surface area contributed by atoms with E-state index in [1.807, 2.05) is 0 Å². The Morgan fingerprint density at radius 2 is 2.26 bits per heavy atom. The molecule has 102 valence electrons. The van der Waals surface area contributed by atoms with Crippen LogP contribution in [0.3, 0.4) is 0 Å². The number of carboxylic acid groups (broad SMARTS) is 1. The molecule has 0 aromatic carbocycles. The average molecular weight is 280 g/mol. The molecule has 1 aromatic heterocycles. The number of carbonyl (C=O) groups is 2. The molecule has 1 aliphatic carbocycles. The number of amides is 1. The first-order chi connectivity index (χ1) is 8.99. The molecule has 1 saturated heterocycles. The number of rotatable bonds is 3. The third kappa shape index (κ3) is 2.25. The monoisotopic (exact) mass is 280 g/mol. The summed E-state index contributed by atoms with van der Waals surface area (Å²) in [5.41, 5.74) is -0.341. The second-order valence-corrected chi connectivity index (χ2v) is 6.58. The summed E-state index contributed by atoms with van der Waals surface area (Å²) in [5, 5.41) is 12.0. The molecular formula is C13H16N2O3S. The van der Waals surface area contributed by atoms with Crippen LogP contribution in [0.15, 0.2) is 5.38 Å². The van der Waals surface area contributed by atoms with Crippen LogP contribution in [-0.2, 0) is 4.79 Å². The molecule has 1 amide bonds. The molecule has 3 rings (SSSR count). The van der Waals surface area contributed by atoms with Crippen molar-refractivity contribution in [3.8, 4) is 0 Å². The van der Waals surface area contributed by atoms with E-state index in [0.717, 1.165) is 5.01 Å². The van der Waals surface area contributed by atoms with E-state index in [0.29, 0.717) is 24.6 Å². The fourth-order valence-electron chi connectivity index (χ4n) is 2.37.